The lowest BCUT2D eigenvalue weighted by molar-refractivity contribution is 0.0683. The molecule has 0 aromatic carbocycles. The molecule has 2 rings (SSSR count). The summed E-state index contributed by atoms with van der Waals surface area (Å²) < 4.78 is 5.49. The van der Waals surface area contributed by atoms with E-state index in [1.165, 1.54) is 0 Å². The van der Waals surface area contributed by atoms with E-state index < -0.39 is 0 Å². The van der Waals surface area contributed by atoms with Crippen molar-refractivity contribution in [2.75, 3.05) is 0 Å². The monoisotopic (exact) mass is 154 g/mol. The van der Waals surface area contributed by atoms with Crippen molar-refractivity contribution >= 4 is 0 Å². The second kappa shape index (κ2) is 2.61. The molecule has 2 heteroatoms. The second-order valence-electron chi connectivity index (χ2n) is 3.39. The molecule has 4 unspecified atom stereocenters. The highest BCUT2D eigenvalue weighted by Gasteiger charge is 2.43. The summed E-state index contributed by atoms with van der Waals surface area (Å²) in [5, 5.41) is 9.63. The molecule has 62 valence electrons. The third kappa shape index (κ3) is 1.01. The third-order valence-electron chi connectivity index (χ3n) is 2.62. The molecule has 0 saturated carbocycles. The average molecular weight is 154 g/mol. The molecule has 1 N–H and O–H groups in total. The predicted molar refractivity (Wildman–Crippen MR) is 42.2 cm³/mol. The van der Waals surface area contributed by atoms with Crippen LogP contribution in [0, 0.1) is 5.92 Å². The largest absolute Gasteiger partial charge is 0.390 e. The van der Waals surface area contributed by atoms with Gasteiger partial charge < -0.3 is 9.84 Å². The molecule has 4 atom stereocenters. The van der Waals surface area contributed by atoms with Crippen molar-refractivity contribution in [3.63, 3.8) is 0 Å². The molecule has 1 fully saturated rings. The van der Waals surface area contributed by atoms with Crippen LogP contribution in [0.3, 0.4) is 0 Å². The second-order valence-corrected chi connectivity index (χ2v) is 3.39. The van der Waals surface area contributed by atoms with E-state index in [9.17, 15) is 5.11 Å². The van der Waals surface area contributed by atoms with E-state index >= 15 is 0 Å². The van der Waals surface area contributed by atoms with Crippen molar-refractivity contribution in [1.82, 2.24) is 0 Å². The molecule has 0 aromatic heterocycles. The van der Waals surface area contributed by atoms with Crippen LogP contribution in [-0.4, -0.2) is 23.4 Å². The number of fused-ring (bicyclic) bond motifs is 2. The minimum Gasteiger partial charge on any atom is -0.390 e. The van der Waals surface area contributed by atoms with Crippen molar-refractivity contribution < 1.29 is 9.84 Å². The number of hydrogen-bond donors (Lipinski definition) is 1. The van der Waals surface area contributed by atoms with Gasteiger partial charge in [0.15, 0.2) is 0 Å². The first-order chi connectivity index (χ1) is 5.33. The van der Waals surface area contributed by atoms with Gasteiger partial charge in [-0.15, -0.1) is 0 Å². The maximum atomic E-state index is 9.63. The first-order valence-electron chi connectivity index (χ1n) is 4.34. The maximum Gasteiger partial charge on any atom is 0.103 e. The van der Waals surface area contributed by atoms with Gasteiger partial charge in [-0.2, -0.15) is 0 Å². The van der Waals surface area contributed by atoms with E-state index in [0.29, 0.717) is 5.92 Å². The molecular formula is C9H14O2. The van der Waals surface area contributed by atoms with E-state index in [-0.39, 0.29) is 18.3 Å². The van der Waals surface area contributed by atoms with Gasteiger partial charge in [0.2, 0.25) is 0 Å². The molecule has 11 heavy (non-hydrogen) atoms. The van der Waals surface area contributed by atoms with Gasteiger partial charge in [-0.05, 0) is 6.42 Å². The fourth-order valence-electron chi connectivity index (χ4n) is 2.04. The van der Waals surface area contributed by atoms with Crippen molar-refractivity contribution in [3.8, 4) is 0 Å². The van der Waals surface area contributed by atoms with Crippen LogP contribution in [0.25, 0.3) is 0 Å². The average Bonchev–Trinajstić information content (AvgIpc) is 2.54. The molecule has 2 nitrogen and oxygen atoms in total. The van der Waals surface area contributed by atoms with Crippen LogP contribution >= 0.6 is 0 Å². The smallest absolute Gasteiger partial charge is 0.103 e. The van der Waals surface area contributed by atoms with Crippen molar-refractivity contribution in [3.05, 3.63) is 12.2 Å². The van der Waals surface area contributed by atoms with Gasteiger partial charge in [0.1, 0.15) is 6.10 Å². The minimum absolute atomic E-state index is 0.00319. The third-order valence-corrected chi connectivity index (χ3v) is 2.62. The standard InChI is InChI=1S/C9H14O2/c1-2-3-6-7-4-5-8(11-7)9(6)10/h4-10H,2-3H2,1H3. The van der Waals surface area contributed by atoms with Crippen molar-refractivity contribution in [1.29, 1.82) is 0 Å². The van der Waals surface area contributed by atoms with Crippen molar-refractivity contribution in [2.24, 2.45) is 5.92 Å². The van der Waals surface area contributed by atoms with E-state index in [1.807, 2.05) is 6.08 Å². The zero-order chi connectivity index (χ0) is 7.84. The summed E-state index contributed by atoms with van der Waals surface area (Å²) in [7, 11) is 0. The van der Waals surface area contributed by atoms with Crippen LogP contribution in [0.15, 0.2) is 12.2 Å². The highest BCUT2D eigenvalue weighted by molar-refractivity contribution is 5.14. The summed E-state index contributed by atoms with van der Waals surface area (Å²) in [4.78, 5) is 0. The molecule has 2 bridgehead atoms. The highest BCUT2D eigenvalue weighted by atomic mass is 16.5. The Labute approximate surface area is 66.9 Å². The van der Waals surface area contributed by atoms with Crippen LogP contribution in [-0.2, 0) is 4.74 Å². The predicted octanol–water partition coefficient (Wildman–Crippen LogP) is 1.10. The van der Waals surface area contributed by atoms with Crippen molar-refractivity contribution in [2.45, 2.75) is 38.1 Å². The molecule has 2 heterocycles. The summed E-state index contributed by atoms with van der Waals surface area (Å²) in [6, 6.07) is 0. The molecule has 1 saturated heterocycles. The summed E-state index contributed by atoms with van der Waals surface area (Å²) in [5.41, 5.74) is 0. The van der Waals surface area contributed by atoms with Gasteiger partial charge in [-0.3, -0.25) is 0 Å². The molecule has 0 aromatic rings. The Balaban J connectivity index is 2.06. The zero-order valence-electron chi connectivity index (χ0n) is 6.73. The molecular weight excluding hydrogens is 140 g/mol. The fraction of sp³-hybridized carbons (Fsp3) is 0.778. The first-order valence-corrected chi connectivity index (χ1v) is 4.34. The quantitative estimate of drug-likeness (QED) is 0.603. The summed E-state index contributed by atoms with van der Waals surface area (Å²) in [6.07, 6.45) is 6.21. The van der Waals surface area contributed by atoms with Gasteiger partial charge in [0.25, 0.3) is 0 Å². The summed E-state index contributed by atoms with van der Waals surface area (Å²) >= 11 is 0. The molecule has 0 spiro atoms. The number of aliphatic hydroxyl groups is 1. The zero-order valence-corrected chi connectivity index (χ0v) is 6.73. The Morgan fingerprint density at radius 3 is 2.64 bits per heavy atom. The van der Waals surface area contributed by atoms with E-state index in [2.05, 4.69) is 13.0 Å². The number of rotatable bonds is 2. The van der Waals surface area contributed by atoms with Crippen LogP contribution in [0.2, 0.25) is 0 Å². The lowest BCUT2D eigenvalue weighted by atomic mass is 9.88. The minimum atomic E-state index is -0.245. The Morgan fingerprint density at radius 2 is 2.09 bits per heavy atom. The van der Waals surface area contributed by atoms with Gasteiger partial charge in [-0.1, -0.05) is 25.5 Å². The van der Waals surface area contributed by atoms with E-state index in [0.717, 1.165) is 12.8 Å². The molecule has 2 aliphatic heterocycles. The van der Waals surface area contributed by atoms with Gasteiger partial charge in [-0.25, -0.2) is 0 Å². The fourth-order valence-corrected chi connectivity index (χ4v) is 2.04. The normalized spacial score (nSPS) is 47.1. The highest BCUT2D eigenvalue weighted by Crippen LogP contribution is 2.36. The van der Waals surface area contributed by atoms with Crippen LogP contribution < -0.4 is 0 Å². The molecule has 0 radical (unpaired) electrons. The Hall–Kier alpha value is -0.340. The van der Waals surface area contributed by atoms with Crippen LogP contribution in [0.4, 0.5) is 0 Å². The Bertz CT molecular complexity index is 176. The summed E-state index contributed by atoms with van der Waals surface area (Å²) in [6.45, 7) is 2.14. The van der Waals surface area contributed by atoms with Crippen LogP contribution in [0.1, 0.15) is 19.8 Å². The van der Waals surface area contributed by atoms with Gasteiger partial charge in [0, 0.05) is 5.92 Å². The van der Waals surface area contributed by atoms with E-state index in [1.54, 1.807) is 0 Å². The topological polar surface area (TPSA) is 29.5 Å². The van der Waals surface area contributed by atoms with E-state index in [4.69, 9.17) is 4.74 Å². The lowest BCUT2D eigenvalue weighted by Crippen LogP contribution is -2.28. The molecule has 2 aliphatic rings. The van der Waals surface area contributed by atoms with Gasteiger partial charge in [0.05, 0.1) is 12.2 Å². The molecule has 0 aliphatic carbocycles. The Morgan fingerprint density at radius 1 is 1.36 bits per heavy atom. The molecule has 0 amide bonds. The van der Waals surface area contributed by atoms with Crippen LogP contribution in [0.5, 0.6) is 0 Å². The maximum absolute atomic E-state index is 9.63. The van der Waals surface area contributed by atoms with Gasteiger partial charge >= 0.3 is 0 Å². The SMILES string of the molecule is CCCC1C2C=CC(O2)C1O. The Kier molecular flexibility index (Phi) is 1.74. The summed E-state index contributed by atoms with van der Waals surface area (Å²) in [5.74, 6) is 0.356. The first kappa shape index (κ1) is 7.32. The number of aliphatic hydroxyl groups excluding tert-OH is 1. The number of ether oxygens (including phenoxy) is 1. The lowest BCUT2D eigenvalue weighted by Gasteiger charge is -2.19. The number of hydrogen-bond acceptors (Lipinski definition) is 2.